The van der Waals surface area contributed by atoms with Gasteiger partial charge in [0.2, 0.25) is 15.9 Å². The first-order chi connectivity index (χ1) is 14.9. The summed E-state index contributed by atoms with van der Waals surface area (Å²) in [6.45, 7) is 5.04. The van der Waals surface area contributed by atoms with Crippen LogP contribution in [0.1, 0.15) is 38.2 Å². The van der Waals surface area contributed by atoms with E-state index in [1.807, 2.05) is 0 Å². The van der Waals surface area contributed by atoms with Gasteiger partial charge in [0.25, 0.3) is 0 Å². The summed E-state index contributed by atoms with van der Waals surface area (Å²) in [5.74, 6) is -0.134. The van der Waals surface area contributed by atoms with Crippen LogP contribution in [0.3, 0.4) is 0 Å². The Morgan fingerprint density at radius 2 is 1.48 bits per heavy atom. The summed E-state index contributed by atoms with van der Waals surface area (Å²) < 4.78 is 32.3. The molecule has 1 aromatic carbocycles. The van der Waals surface area contributed by atoms with Gasteiger partial charge in [0.1, 0.15) is 0 Å². The predicted molar refractivity (Wildman–Crippen MR) is 118 cm³/mol. The summed E-state index contributed by atoms with van der Waals surface area (Å²) in [5.41, 5.74) is 0.758. The summed E-state index contributed by atoms with van der Waals surface area (Å²) in [4.78, 5) is 27.8. The van der Waals surface area contributed by atoms with Gasteiger partial charge in [-0.2, -0.15) is 4.31 Å². The van der Waals surface area contributed by atoms with Gasteiger partial charge in [-0.3, -0.25) is 4.79 Å². The van der Waals surface area contributed by atoms with Crippen LogP contribution in [0.25, 0.3) is 6.08 Å². The average Bonchev–Trinajstić information content (AvgIpc) is 3.08. The van der Waals surface area contributed by atoms with Crippen molar-refractivity contribution in [1.82, 2.24) is 14.1 Å². The highest BCUT2D eigenvalue weighted by Crippen LogP contribution is 2.21. The van der Waals surface area contributed by atoms with Crippen LogP contribution in [-0.2, 0) is 19.6 Å². The van der Waals surface area contributed by atoms with Crippen LogP contribution in [0.4, 0.5) is 4.79 Å². The number of sulfonamides is 1. The van der Waals surface area contributed by atoms with E-state index in [0.29, 0.717) is 45.9 Å². The van der Waals surface area contributed by atoms with E-state index >= 15 is 0 Å². The molecule has 2 aliphatic rings. The Labute approximate surface area is 184 Å². The van der Waals surface area contributed by atoms with Gasteiger partial charge in [0, 0.05) is 45.3 Å². The maximum absolute atomic E-state index is 12.8. The van der Waals surface area contributed by atoms with Crippen LogP contribution in [0.2, 0.25) is 0 Å². The molecule has 0 spiro atoms. The maximum atomic E-state index is 12.8. The second kappa shape index (κ2) is 10.8. The second-order valence-corrected chi connectivity index (χ2v) is 9.67. The number of nitrogens with zero attached hydrogens (tertiary/aromatic N) is 3. The fourth-order valence-corrected chi connectivity index (χ4v) is 5.30. The molecule has 2 aliphatic heterocycles. The van der Waals surface area contributed by atoms with Gasteiger partial charge >= 0.3 is 6.09 Å². The van der Waals surface area contributed by atoms with Gasteiger partial charge in [-0.05, 0) is 43.5 Å². The fourth-order valence-electron chi connectivity index (χ4n) is 3.78. The molecule has 2 heterocycles. The normalized spacial score (nSPS) is 18.7. The van der Waals surface area contributed by atoms with Crippen LogP contribution in [-0.4, -0.2) is 80.4 Å². The van der Waals surface area contributed by atoms with E-state index in [-0.39, 0.29) is 16.9 Å². The van der Waals surface area contributed by atoms with Crippen LogP contribution in [0, 0.1) is 0 Å². The van der Waals surface area contributed by atoms with Crippen molar-refractivity contribution in [2.45, 2.75) is 37.5 Å². The number of amides is 2. The SMILES string of the molecule is CCOC(=O)N1CCN(C(=O)/C=C/c2ccc(S(=O)(=O)N3CCCCCC3)cc2)CC1. The lowest BCUT2D eigenvalue weighted by Gasteiger charge is -2.33. The molecule has 31 heavy (non-hydrogen) atoms. The molecule has 2 amide bonds. The molecule has 0 N–H and O–H groups in total. The Bertz CT molecular complexity index is 882. The second-order valence-electron chi connectivity index (χ2n) is 7.73. The number of benzene rings is 1. The van der Waals surface area contributed by atoms with Gasteiger partial charge in [0.15, 0.2) is 0 Å². The molecule has 170 valence electrons. The summed E-state index contributed by atoms with van der Waals surface area (Å²) in [5, 5.41) is 0. The largest absolute Gasteiger partial charge is 0.450 e. The monoisotopic (exact) mass is 449 g/mol. The molecule has 2 saturated heterocycles. The molecule has 0 saturated carbocycles. The third-order valence-electron chi connectivity index (χ3n) is 5.62. The predicted octanol–water partition coefficient (Wildman–Crippen LogP) is 2.57. The highest BCUT2D eigenvalue weighted by Gasteiger charge is 2.25. The molecular formula is C22H31N3O5S. The van der Waals surface area contributed by atoms with Gasteiger partial charge < -0.3 is 14.5 Å². The Morgan fingerprint density at radius 1 is 0.903 bits per heavy atom. The molecular weight excluding hydrogens is 418 g/mol. The zero-order chi connectivity index (χ0) is 22.3. The van der Waals surface area contributed by atoms with Gasteiger partial charge in [-0.25, -0.2) is 13.2 Å². The Balaban J connectivity index is 1.56. The van der Waals surface area contributed by atoms with Gasteiger partial charge in [0.05, 0.1) is 11.5 Å². The number of hydrogen-bond donors (Lipinski definition) is 0. The number of hydrogen-bond acceptors (Lipinski definition) is 5. The minimum absolute atomic E-state index is 0.134. The average molecular weight is 450 g/mol. The van der Waals surface area contributed by atoms with Gasteiger partial charge in [-0.1, -0.05) is 25.0 Å². The van der Waals surface area contributed by atoms with E-state index in [0.717, 1.165) is 31.2 Å². The standard InChI is InChI=1S/C22H31N3O5S/c1-2-30-22(27)24-17-15-23(16-18-24)21(26)12-9-19-7-10-20(11-8-19)31(28,29)25-13-5-3-4-6-14-25/h7-12H,2-6,13-18H2,1H3/b12-9+. The first kappa shape index (κ1) is 23.3. The van der Waals surface area contributed by atoms with Crippen molar-refractivity contribution in [3.63, 3.8) is 0 Å². The molecule has 0 radical (unpaired) electrons. The lowest BCUT2D eigenvalue weighted by Crippen LogP contribution is -2.50. The van der Waals surface area contributed by atoms with Crippen LogP contribution in [0.15, 0.2) is 35.2 Å². The minimum Gasteiger partial charge on any atom is -0.450 e. The molecule has 0 aromatic heterocycles. The highest BCUT2D eigenvalue weighted by molar-refractivity contribution is 7.89. The quantitative estimate of drug-likeness (QED) is 0.645. The minimum atomic E-state index is -3.48. The fraction of sp³-hybridized carbons (Fsp3) is 0.545. The first-order valence-corrected chi connectivity index (χ1v) is 12.3. The van der Waals surface area contributed by atoms with Crippen molar-refractivity contribution in [3.8, 4) is 0 Å². The van der Waals surface area contributed by atoms with Crippen molar-refractivity contribution >= 4 is 28.1 Å². The van der Waals surface area contributed by atoms with E-state index in [1.54, 1.807) is 51.4 Å². The Hall–Kier alpha value is -2.39. The van der Waals surface area contributed by atoms with E-state index in [4.69, 9.17) is 4.74 Å². The zero-order valence-electron chi connectivity index (χ0n) is 18.0. The van der Waals surface area contributed by atoms with E-state index in [9.17, 15) is 18.0 Å². The summed E-state index contributed by atoms with van der Waals surface area (Å²) in [7, 11) is -3.48. The molecule has 2 fully saturated rings. The molecule has 0 bridgehead atoms. The number of rotatable bonds is 5. The summed E-state index contributed by atoms with van der Waals surface area (Å²) in [6.07, 6.45) is 6.76. The lowest BCUT2D eigenvalue weighted by atomic mass is 10.2. The molecule has 0 aliphatic carbocycles. The van der Waals surface area contributed by atoms with Crippen molar-refractivity contribution in [1.29, 1.82) is 0 Å². The summed E-state index contributed by atoms with van der Waals surface area (Å²) >= 11 is 0. The molecule has 0 unspecified atom stereocenters. The van der Waals surface area contributed by atoms with Crippen molar-refractivity contribution < 1.29 is 22.7 Å². The third kappa shape index (κ3) is 6.07. The van der Waals surface area contributed by atoms with Gasteiger partial charge in [-0.15, -0.1) is 0 Å². The summed E-state index contributed by atoms with van der Waals surface area (Å²) in [6, 6.07) is 6.63. The van der Waals surface area contributed by atoms with Crippen LogP contribution >= 0.6 is 0 Å². The molecule has 1 aromatic rings. The topological polar surface area (TPSA) is 87.2 Å². The highest BCUT2D eigenvalue weighted by atomic mass is 32.2. The van der Waals surface area contributed by atoms with E-state index in [2.05, 4.69) is 0 Å². The maximum Gasteiger partial charge on any atom is 0.409 e. The smallest absolute Gasteiger partial charge is 0.409 e. The third-order valence-corrected chi connectivity index (χ3v) is 7.53. The zero-order valence-corrected chi connectivity index (χ0v) is 18.8. The van der Waals surface area contributed by atoms with E-state index < -0.39 is 10.0 Å². The molecule has 0 atom stereocenters. The van der Waals surface area contributed by atoms with Crippen molar-refractivity contribution in [2.24, 2.45) is 0 Å². The van der Waals surface area contributed by atoms with E-state index in [1.165, 1.54) is 6.08 Å². The number of ether oxygens (including phenoxy) is 1. The van der Waals surface area contributed by atoms with Crippen LogP contribution < -0.4 is 0 Å². The van der Waals surface area contributed by atoms with Crippen molar-refractivity contribution in [2.75, 3.05) is 45.9 Å². The number of carbonyl (C=O) groups excluding carboxylic acids is 2. The lowest BCUT2D eigenvalue weighted by molar-refractivity contribution is -0.127. The Kier molecular flexibility index (Phi) is 8.09. The van der Waals surface area contributed by atoms with Crippen LogP contribution in [0.5, 0.6) is 0 Å². The molecule has 8 nitrogen and oxygen atoms in total. The van der Waals surface area contributed by atoms with Crippen molar-refractivity contribution in [3.05, 3.63) is 35.9 Å². The Morgan fingerprint density at radius 3 is 2.06 bits per heavy atom. The molecule has 3 rings (SSSR count). The molecule has 9 heteroatoms. The number of carbonyl (C=O) groups is 2. The first-order valence-electron chi connectivity index (χ1n) is 10.9. The number of piperazine rings is 1.